The van der Waals surface area contributed by atoms with Crippen LogP contribution in [0.5, 0.6) is 0 Å². The first-order chi connectivity index (χ1) is 6.09. The summed E-state index contributed by atoms with van der Waals surface area (Å²) >= 11 is 5.75. The smallest absolute Gasteiger partial charge is 0.0515 e. The lowest BCUT2D eigenvalue weighted by Crippen LogP contribution is -2.03. The summed E-state index contributed by atoms with van der Waals surface area (Å²) in [6.45, 7) is 1.77. The van der Waals surface area contributed by atoms with Crippen LogP contribution in [-0.4, -0.2) is 11.2 Å². The Hall–Kier alpha value is -0.730. The monoisotopic (exact) mass is 199 g/mol. The molecule has 1 aromatic carbocycles. The van der Waals surface area contributed by atoms with Gasteiger partial charge in [-0.25, -0.2) is 0 Å². The summed E-state index contributed by atoms with van der Waals surface area (Å²) in [4.78, 5) is 0. The first-order valence-corrected chi connectivity index (χ1v) is 4.69. The average Bonchev–Trinajstić information content (AvgIpc) is 2.02. The molecule has 0 aromatic heterocycles. The minimum absolute atomic E-state index is 0.282. The molecule has 3 heteroatoms. The average molecular weight is 200 g/mol. The number of nitrogen functional groups attached to an aromatic ring is 1. The molecule has 2 nitrogen and oxygen atoms in total. The van der Waals surface area contributed by atoms with E-state index in [1.807, 2.05) is 12.1 Å². The van der Waals surface area contributed by atoms with Gasteiger partial charge < -0.3 is 10.8 Å². The van der Waals surface area contributed by atoms with Crippen molar-refractivity contribution < 1.29 is 5.11 Å². The van der Waals surface area contributed by atoms with Gasteiger partial charge in [0, 0.05) is 10.7 Å². The topological polar surface area (TPSA) is 46.2 Å². The molecule has 1 atom stereocenters. The second kappa shape index (κ2) is 4.49. The van der Waals surface area contributed by atoms with Crippen LogP contribution < -0.4 is 5.73 Å². The van der Waals surface area contributed by atoms with E-state index >= 15 is 0 Å². The third kappa shape index (κ3) is 3.25. The molecule has 0 amide bonds. The Morgan fingerprint density at radius 3 is 2.77 bits per heavy atom. The molecular formula is C10H14ClNO. The van der Waals surface area contributed by atoms with Crippen LogP contribution in [0.25, 0.3) is 0 Å². The molecule has 0 bridgehead atoms. The second-order valence-electron chi connectivity index (χ2n) is 3.23. The summed E-state index contributed by atoms with van der Waals surface area (Å²) in [5, 5.41) is 9.74. The Balaban J connectivity index is 2.67. The number of aryl methyl sites for hydroxylation is 1. The van der Waals surface area contributed by atoms with E-state index in [9.17, 15) is 0 Å². The number of hydrogen-bond acceptors (Lipinski definition) is 2. The molecule has 0 saturated carbocycles. The van der Waals surface area contributed by atoms with Crippen LogP contribution in [-0.2, 0) is 6.42 Å². The van der Waals surface area contributed by atoms with Crippen LogP contribution in [0.4, 0.5) is 5.69 Å². The molecule has 1 aromatic rings. The number of anilines is 1. The fourth-order valence-electron chi connectivity index (χ4n) is 1.16. The van der Waals surface area contributed by atoms with E-state index in [-0.39, 0.29) is 6.10 Å². The van der Waals surface area contributed by atoms with Gasteiger partial charge in [-0.2, -0.15) is 0 Å². The summed E-state index contributed by atoms with van der Waals surface area (Å²) < 4.78 is 0. The summed E-state index contributed by atoms with van der Waals surface area (Å²) in [6, 6.07) is 5.45. The zero-order chi connectivity index (χ0) is 9.84. The van der Waals surface area contributed by atoms with Crippen molar-refractivity contribution in [2.24, 2.45) is 0 Å². The van der Waals surface area contributed by atoms with Crippen molar-refractivity contribution >= 4 is 17.3 Å². The summed E-state index contributed by atoms with van der Waals surface area (Å²) in [6.07, 6.45) is 1.24. The Morgan fingerprint density at radius 1 is 1.54 bits per heavy atom. The van der Waals surface area contributed by atoms with E-state index in [4.69, 9.17) is 22.4 Å². The molecule has 0 radical (unpaired) electrons. The second-order valence-corrected chi connectivity index (χ2v) is 3.67. The quantitative estimate of drug-likeness (QED) is 0.734. The summed E-state index contributed by atoms with van der Waals surface area (Å²) in [5.74, 6) is 0. The highest BCUT2D eigenvalue weighted by Gasteiger charge is 2.02. The lowest BCUT2D eigenvalue weighted by Gasteiger charge is -2.07. The number of aliphatic hydroxyl groups is 1. The molecule has 0 saturated heterocycles. The van der Waals surface area contributed by atoms with Crippen molar-refractivity contribution in [1.82, 2.24) is 0 Å². The molecule has 1 unspecified atom stereocenters. The summed E-state index contributed by atoms with van der Waals surface area (Å²) in [7, 11) is 0. The van der Waals surface area contributed by atoms with E-state index in [0.717, 1.165) is 18.4 Å². The van der Waals surface area contributed by atoms with E-state index in [1.54, 1.807) is 13.0 Å². The first kappa shape index (κ1) is 10.4. The van der Waals surface area contributed by atoms with Crippen molar-refractivity contribution in [2.75, 3.05) is 5.73 Å². The minimum Gasteiger partial charge on any atom is -0.398 e. The van der Waals surface area contributed by atoms with Gasteiger partial charge in [-0.1, -0.05) is 17.7 Å². The molecule has 0 aliphatic rings. The van der Waals surface area contributed by atoms with Crippen LogP contribution in [0, 0.1) is 0 Å². The van der Waals surface area contributed by atoms with Crippen LogP contribution in [0.1, 0.15) is 18.9 Å². The van der Waals surface area contributed by atoms with Gasteiger partial charge in [0.05, 0.1) is 6.10 Å². The third-order valence-corrected chi connectivity index (χ3v) is 2.17. The van der Waals surface area contributed by atoms with Gasteiger partial charge in [-0.3, -0.25) is 0 Å². The lowest BCUT2D eigenvalue weighted by atomic mass is 10.1. The number of benzene rings is 1. The SMILES string of the molecule is CC(O)CCc1ccc(Cl)cc1N. The molecule has 0 spiro atoms. The standard InChI is InChI=1S/C10H14ClNO/c1-7(13)2-3-8-4-5-9(11)6-10(8)12/h4-7,13H,2-3,12H2,1H3. The van der Waals surface area contributed by atoms with Gasteiger partial charge in [0.1, 0.15) is 0 Å². The lowest BCUT2D eigenvalue weighted by molar-refractivity contribution is 0.185. The van der Waals surface area contributed by atoms with E-state index < -0.39 is 0 Å². The van der Waals surface area contributed by atoms with E-state index in [1.165, 1.54) is 0 Å². The van der Waals surface area contributed by atoms with Gasteiger partial charge in [0.25, 0.3) is 0 Å². The molecule has 1 rings (SSSR count). The van der Waals surface area contributed by atoms with Crippen molar-refractivity contribution in [3.63, 3.8) is 0 Å². The van der Waals surface area contributed by atoms with Gasteiger partial charge in [-0.05, 0) is 37.5 Å². The van der Waals surface area contributed by atoms with Crippen molar-refractivity contribution in [3.05, 3.63) is 28.8 Å². The van der Waals surface area contributed by atoms with E-state index in [2.05, 4.69) is 0 Å². The van der Waals surface area contributed by atoms with E-state index in [0.29, 0.717) is 10.7 Å². The predicted molar refractivity (Wildman–Crippen MR) is 55.9 cm³/mol. The van der Waals surface area contributed by atoms with Gasteiger partial charge >= 0.3 is 0 Å². The molecule has 3 N–H and O–H groups in total. The molecule has 13 heavy (non-hydrogen) atoms. The highest BCUT2D eigenvalue weighted by atomic mass is 35.5. The van der Waals surface area contributed by atoms with Crippen LogP contribution >= 0.6 is 11.6 Å². The Morgan fingerprint density at radius 2 is 2.23 bits per heavy atom. The molecule has 0 aliphatic heterocycles. The molecule has 0 heterocycles. The van der Waals surface area contributed by atoms with Gasteiger partial charge in [0.15, 0.2) is 0 Å². The number of hydrogen-bond donors (Lipinski definition) is 2. The van der Waals surface area contributed by atoms with Crippen LogP contribution in [0.2, 0.25) is 5.02 Å². The molecule has 0 aliphatic carbocycles. The number of aliphatic hydroxyl groups excluding tert-OH is 1. The minimum atomic E-state index is -0.282. The van der Waals surface area contributed by atoms with Crippen molar-refractivity contribution in [1.29, 1.82) is 0 Å². The Labute approximate surface area is 83.3 Å². The maximum atomic E-state index is 9.09. The largest absolute Gasteiger partial charge is 0.398 e. The fourth-order valence-corrected chi connectivity index (χ4v) is 1.34. The first-order valence-electron chi connectivity index (χ1n) is 4.31. The van der Waals surface area contributed by atoms with Crippen molar-refractivity contribution in [3.8, 4) is 0 Å². The maximum absolute atomic E-state index is 9.09. The Bertz CT molecular complexity index is 286. The number of halogens is 1. The number of rotatable bonds is 3. The fraction of sp³-hybridized carbons (Fsp3) is 0.400. The van der Waals surface area contributed by atoms with Crippen LogP contribution in [0.3, 0.4) is 0 Å². The molecule has 72 valence electrons. The van der Waals surface area contributed by atoms with Gasteiger partial charge in [0.2, 0.25) is 0 Å². The zero-order valence-electron chi connectivity index (χ0n) is 7.63. The molecule has 0 fully saturated rings. The maximum Gasteiger partial charge on any atom is 0.0515 e. The highest BCUT2D eigenvalue weighted by molar-refractivity contribution is 6.30. The molecular weight excluding hydrogens is 186 g/mol. The number of nitrogens with two attached hydrogens (primary N) is 1. The summed E-state index contributed by atoms with van der Waals surface area (Å²) in [5.41, 5.74) is 7.49. The van der Waals surface area contributed by atoms with Crippen molar-refractivity contribution in [2.45, 2.75) is 25.9 Å². The highest BCUT2D eigenvalue weighted by Crippen LogP contribution is 2.19. The third-order valence-electron chi connectivity index (χ3n) is 1.94. The Kier molecular flexibility index (Phi) is 3.58. The van der Waals surface area contributed by atoms with Crippen LogP contribution in [0.15, 0.2) is 18.2 Å². The van der Waals surface area contributed by atoms with Gasteiger partial charge in [-0.15, -0.1) is 0 Å². The zero-order valence-corrected chi connectivity index (χ0v) is 8.38. The normalized spacial score (nSPS) is 12.8. The predicted octanol–water partition coefficient (Wildman–Crippen LogP) is 2.24.